The van der Waals surface area contributed by atoms with Crippen molar-refractivity contribution in [3.05, 3.63) is 48.8 Å². The topological polar surface area (TPSA) is 73.3 Å². The lowest BCUT2D eigenvalue weighted by Gasteiger charge is -2.02. The van der Waals surface area contributed by atoms with E-state index in [1.807, 2.05) is 0 Å². The Bertz CT molecular complexity index is 647. The van der Waals surface area contributed by atoms with Crippen LogP contribution >= 0.6 is 15.9 Å². The Morgan fingerprint density at radius 1 is 1.38 bits per heavy atom. The third-order valence-corrected chi connectivity index (χ3v) is 2.79. The molecule has 0 spiro atoms. The highest BCUT2D eigenvalue weighted by Gasteiger charge is 2.13. The molecule has 0 aliphatic carbocycles. The van der Waals surface area contributed by atoms with Crippen molar-refractivity contribution in [3.8, 4) is 0 Å². The second kappa shape index (κ2) is 3.71. The summed E-state index contributed by atoms with van der Waals surface area (Å²) in [5.41, 5.74) is 0.460. The van der Waals surface area contributed by atoms with Gasteiger partial charge >= 0.3 is 5.63 Å². The Morgan fingerprint density at radius 3 is 2.69 bits per heavy atom. The summed E-state index contributed by atoms with van der Waals surface area (Å²) in [5, 5.41) is 11.2. The molecule has 2 rings (SSSR count). The first-order valence-corrected chi connectivity index (χ1v) is 5.17. The molecule has 1 heterocycles. The lowest BCUT2D eigenvalue weighted by Crippen LogP contribution is -1.99. The molecule has 1 aromatic heterocycles. The standard InChI is InChI=1S/C10H6BrNO4/c1-5-2-9(13)16-10-7(5)3-6(12(14)15)4-8(10)11/h2-4H,1H3. The van der Waals surface area contributed by atoms with E-state index in [0.29, 0.717) is 21.0 Å². The number of nitro groups is 1. The van der Waals surface area contributed by atoms with Gasteiger partial charge in [-0.3, -0.25) is 10.1 Å². The van der Waals surface area contributed by atoms with Crippen LogP contribution in [-0.4, -0.2) is 4.92 Å². The minimum Gasteiger partial charge on any atom is -0.421 e. The Labute approximate surface area is 98.0 Å². The minimum absolute atomic E-state index is 0.0451. The van der Waals surface area contributed by atoms with Gasteiger partial charge < -0.3 is 4.42 Å². The third-order valence-electron chi connectivity index (χ3n) is 2.20. The Kier molecular flexibility index (Phi) is 2.51. The van der Waals surface area contributed by atoms with Gasteiger partial charge in [-0.1, -0.05) is 0 Å². The number of rotatable bonds is 1. The molecule has 0 amide bonds. The van der Waals surface area contributed by atoms with Gasteiger partial charge in [-0.25, -0.2) is 4.79 Å². The lowest BCUT2D eigenvalue weighted by atomic mass is 10.1. The average molecular weight is 284 g/mol. The van der Waals surface area contributed by atoms with Gasteiger partial charge in [-0.05, 0) is 28.4 Å². The first-order valence-electron chi connectivity index (χ1n) is 4.37. The minimum atomic E-state index is -0.491. The number of halogens is 1. The van der Waals surface area contributed by atoms with E-state index in [0.717, 1.165) is 0 Å². The molecule has 0 aliphatic rings. The van der Waals surface area contributed by atoms with Gasteiger partial charge in [0.25, 0.3) is 5.69 Å². The summed E-state index contributed by atoms with van der Waals surface area (Å²) in [6, 6.07) is 4.00. The summed E-state index contributed by atoms with van der Waals surface area (Å²) in [6.45, 7) is 1.70. The number of nitrogens with zero attached hydrogens (tertiary/aromatic N) is 1. The van der Waals surface area contributed by atoms with Crippen molar-refractivity contribution < 1.29 is 9.34 Å². The van der Waals surface area contributed by atoms with Gasteiger partial charge in [0.1, 0.15) is 0 Å². The summed E-state index contributed by atoms with van der Waals surface area (Å²) in [4.78, 5) is 21.3. The summed E-state index contributed by atoms with van der Waals surface area (Å²) >= 11 is 3.15. The highest BCUT2D eigenvalue weighted by atomic mass is 79.9. The third kappa shape index (κ3) is 1.71. The average Bonchev–Trinajstić information content (AvgIpc) is 2.19. The van der Waals surface area contributed by atoms with Crippen LogP contribution in [0.5, 0.6) is 0 Å². The van der Waals surface area contributed by atoms with Crippen LogP contribution in [0, 0.1) is 17.0 Å². The lowest BCUT2D eigenvalue weighted by molar-refractivity contribution is -0.384. The molecule has 0 bridgehead atoms. The van der Waals surface area contributed by atoms with Crippen molar-refractivity contribution in [2.75, 3.05) is 0 Å². The summed E-state index contributed by atoms with van der Waals surface area (Å²) in [5.74, 6) is 0. The second-order valence-corrected chi connectivity index (χ2v) is 4.16. The van der Waals surface area contributed by atoms with Crippen LogP contribution < -0.4 is 5.63 Å². The quantitative estimate of drug-likeness (QED) is 0.458. The van der Waals surface area contributed by atoms with Crippen molar-refractivity contribution in [1.29, 1.82) is 0 Å². The summed E-state index contributed by atoms with van der Waals surface area (Å²) in [6.07, 6.45) is 0. The fourth-order valence-electron chi connectivity index (χ4n) is 1.47. The first-order chi connectivity index (χ1) is 7.49. The molecular formula is C10H6BrNO4. The Hall–Kier alpha value is -1.69. The predicted octanol–water partition coefficient (Wildman–Crippen LogP) is 2.77. The van der Waals surface area contributed by atoms with Gasteiger partial charge in [0.05, 0.1) is 9.40 Å². The number of nitro benzene ring substituents is 1. The summed E-state index contributed by atoms with van der Waals surface area (Å²) in [7, 11) is 0. The maximum absolute atomic E-state index is 11.2. The largest absolute Gasteiger partial charge is 0.421 e. The van der Waals surface area contributed by atoms with Gasteiger partial charge in [0.2, 0.25) is 0 Å². The summed E-state index contributed by atoms with van der Waals surface area (Å²) < 4.78 is 5.38. The van der Waals surface area contributed by atoms with E-state index in [1.165, 1.54) is 18.2 Å². The van der Waals surface area contributed by atoms with Crippen LogP contribution in [0.4, 0.5) is 5.69 Å². The Balaban J connectivity index is 2.92. The molecule has 1 aromatic carbocycles. The molecule has 6 heteroatoms. The van der Waals surface area contributed by atoms with Gasteiger partial charge in [0.15, 0.2) is 5.58 Å². The maximum Gasteiger partial charge on any atom is 0.336 e. The van der Waals surface area contributed by atoms with Gasteiger partial charge in [-0.2, -0.15) is 0 Å². The molecule has 2 aromatic rings. The molecule has 0 unspecified atom stereocenters. The highest BCUT2D eigenvalue weighted by Crippen LogP contribution is 2.29. The number of non-ortho nitro benzene ring substituents is 1. The smallest absolute Gasteiger partial charge is 0.336 e. The molecule has 5 nitrogen and oxygen atoms in total. The molecule has 82 valence electrons. The van der Waals surface area contributed by atoms with Crippen LogP contribution in [0.25, 0.3) is 11.0 Å². The van der Waals surface area contributed by atoms with E-state index in [-0.39, 0.29) is 5.69 Å². The van der Waals surface area contributed by atoms with Crippen molar-refractivity contribution in [3.63, 3.8) is 0 Å². The zero-order valence-electron chi connectivity index (χ0n) is 8.19. The van der Waals surface area contributed by atoms with Crippen molar-refractivity contribution in [2.45, 2.75) is 6.92 Å². The SMILES string of the molecule is Cc1cc(=O)oc2c(Br)cc([N+](=O)[O-])cc12. The molecular weight excluding hydrogens is 278 g/mol. The number of hydrogen-bond acceptors (Lipinski definition) is 4. The van der Waals surface area contributed by atoms with E-state index in [1.54, 1.807) is 6.92 Å². The van der Waals surface area contributed by atoms with E-state index in [2.05, 4.69) is 15.9 Å². The molecule has 0 atom stereocenters. The second-order valence-electron chi connectivity index (χ2n) is 3.31. The first kappa shape index (κ1) is 10.8. The number of fused-ring (bicyclic) bond motifs is 1. The maximum atomic E-state index is 11.2. The van der Waals surface area contributed by atoms with Crippen molar-refractivity contribution >= 4 is 32.6 Å². The molecule has 0 fully saturated rings. The van der Waals surface area contributed by atoms with Crippen LogP contribution in [0.3, 0.4) is 0 Å². The number of hydrogen-bond donors (Lipinski definition) is 0. The van der Waals surface area contributed by atoms with Crippen LogP contribution in [0.2, 0.25) is 0 Å². The van der Waals surface area contributed by atoms with Gasteiger partial charge in [-0.15, -0.1) is 0 Å². The monoisotopic (exact) mass is 283 g/mol. The number of benzene rings is 1. The fourth-order valence-corrected chi connectivity index (χ4v) is 1.99. The van der Waals surface area contributed by atoms with E-state index >= 15 is 0 Å². The zero-order chi connectivity index (χ0) is 11.9. The predicted molar refractivity (Wildman–Crippen MR) is 61.6 cm³/mol. The zero-order valence-corrected chi connectivity index (χ0v) is 9.78. The molecule has 0 saturated heterocycles. The molecule has 0 saturated carbocycles. The molecule has 0 aliphatic heterocycles. The van der Waals surface area contributed by atoms with Crippen LogP contribution in [-0.2, 0) is 0 Å². The van der Waals surface area contributed by atoms with E-state index in [4.69, 9.17) is 4.42 Å². The van der Waals surface area contributed by atoms with Crippen LogP contribution in [0.1, 0.15) is 5.56 Å². The fraction of sp³-hybridized carbons (Fsp3) is 0.100. The highest BCUT2D eigenvalue weighted by molar-refractivity contribution is 9.10. The molecule has 0 N–H and O–H groups in total. The molecule has 16 heavy (non-hydrogen) atoms. The van der Waals surface area contributed by atoms with Crippen molar-refractivity contribution in [2.24, 2.45) is 0 Å². The van der Waals surface area contributed by atoms with Gasteiger partial charge in [0, 0.05) is 23.6 Å². The van der Waals surface area contributed by atoms with E-state index in [9.17, 15) is 14.9 Å². The van der Waals surface area contributed by atoms with Crippen LogP contribution in [0.15, 0.2) is 31.9 Å². The van der Waals surface area contributed by atoms with E-state index < -0.39 is 10.5 Å². The normalized spacial score (nSPS) is 10.6. The van der Waals surface area contributed by atoms with Crippen molar-refractivity contribution in [1.82, 2.24) is 0 Å². The molecule has 0 radical (unpaired) electrons. The number of aryl methyl sites for hydroxylation is 1. The Morgan fingerprint density at radius 2 is 2.06 bits per heavy atom.